The number of pyridine rings is 1. The van der Waals surface area contributed by atoms with E-state index in [-0.39, 0.29) is 0 Å². The molecule has 3 aromatic rings. The van der Waals surface area contributed by atoms with Gasteiger partial charge in [-0.15, -0.1) is 0 Å². The monoisotopic (exact) mass is 460 g/mol. The predicted octanol–water partition coefficient (Wildman–Crippen LogP) is 3.53. The van der Waals surface area contributed by atoms with Crippen LogP contribution in [0.15, 0.2) is 48.8 Å². The topological polar surface area (TPSA) is 86.4 Å². The van der Waals surface area contributed by atoms with Crippen LogP contribution in [0.25, 0.3) is 11.3 Å². The summed E-state index contributed by atoms with van der Waals surface area (Å²) < 4.78 is 43.3. The molecule has 1 aliphatic heterocycles. The van der Waals surface area contributed by atoms with E-state index in [2.05, 4.69) is 25.4 Å². The molecule has 174 valence electrons. The maximum Gasteiger partial charge on any atom is 0.417 e. The summed E-state index contributed by atoms with van der Waals surface area (Å²) in [5, 5.41) is 9.60. The molecule has 3 heterocycles. The number of hydrogen-bond donors (Lipinski definition) is 2. The van der Waals surface area contributed by atoms with Crippen molar-refractivity contribution >= 4 is 11.9 Å². The van der Waals surface area contributed by atoms with Crippen LogP contribution in [0.1, 0.15) is 11.1 Å². The molecule has 0 saturated carbocycles. The molecule has 0 aliphatic carbocycles. The fraction of sp³-hybridized carbons (Fsp3) is 0.318. The van der Waals surface area contributed by atoms with Crippen LogP contribution in [0.4, 0.5) is 23.8 Å². The Morgan fingerprint density at radius 1 is 1.09 bits per heavy atom. The SMILES string of the molecule is CNC(=O)Oc1ccc(-c2[nH]ncc2CN2CCN(c3ccc(C(F)(F)F)cn3)CC2)cc1. The molecule has 0 bridgehead atoms. The molecule has 1 aliphatic rings. The van der Waals surface area contributed by atoms with E-state index in [1.54, 1.807) is 18.3 Å². The number of H-pyrrole nitrogens is 1. The highest BCUT2D eigenvalue weighted by Crippen LogP contribution is 2.30. The second-order valence-electron chi connectivity index (χ2n) is 7.60. The van der Waals surface area contributed by atoms with Crippen molar-refractivity contribution in [1.29, 1.82) is 0 Å². The van der Waals surface area contributed by atoms with Crippen LogP contribution in [-0.4, -0.2) is 59.4 Å². The zero-order valence-corrected chi connectivity index (χ0v) is 17.9. The lowest BCUT2D eigenvalue weighted by atomic mass is 10.1. The van der Waals surface area contributed by atoms with Gasteiger partial charge in [0.2, 0.25) is 0 Å². The predicted molar refractivity (Wildman–Crippen MR) is 116 cm³/mol. The van der Waals surface area contributed by atoms with Crippen molar-refractivity contribution in [3.05, 3.63) is 59.9 Å². The Labute approximate surface area is 188 Å². The van der Waals surface area contributed by atoms with E-state index in [1.807, 2.05) is 17.0 Å². The van der Waals surface area contributed by atoms with Crippen molar-refractivity contribution in [1.82, 2.24) is 25.4 Å². The number of carbonyl (C=O) groups is 1. The lowest BCUT2D eigenvalue weighted by molar-refractivity contribution is -0.137. The van der Waals surface area contributed by atoms with E-state index in [9.17, 15) is 18.0 Å². The van der Waals surface area contributed by atoms with E-state index < -0.39 is 17.8 Å². The molecule has 8 nitrogen and oxygen atoms in total. The third-order valence-corrected chi connectivity index (χ3v) is 5.44. The Balaban J connectivity index is 1.35. The number of aromatic nitrogens is 3. The lowest BCUT2D eigenvalue weighted by Gasteiger charge is -2.35. The minimum Gasteiger partial charge on any atom is -0.410 e. The zero-order chi connectivity index (χ0) is 23.4. The number of ether oxygens (including phenoxy) is 1. The van der Waals surface area contributed by atoms with Crippen molar-refractivity contribution in [2.45, 2.75) is 12.7 Å². The number of aromatic amines is 1. The average molecular weight is 460 g/mol. The van der Waals surface area contributed by atoms with Crippen LogP contribution in [0.5, 0.6) is 5.75 Å². The third kappa shape index (κ3) is 5.43. The fourth-order valence-corrected chi connectivity index (χ4v) is 3.65. The first-order valence-electron chi connectivity index (χ1n) is 10.4. The van der Waals surface area contributed by atoms with Gasteiger partial charge in [-0.25, -0.2) is 9.78 Å². The first kappa shape index (κ1) is 22.6. The minimum absolute atomic E-state index is 0.437. The van der Waals surface area contributed by atoms with Crippen molar-refractivity contribution in [3.63, 3.8) is 0 Å². The van der Waals surface area contributed by atoms with Gasteiger partial charge in [-0.2, -0.15) is 18.3 Å². The third-order valence-electron chi connectivity index (χ3n) is 5.44. The van der Waals surface area contributed by atoms with Crippen molar-refractivity contribution < 1.29 is 22.7 Å². The standard InChI is InChI=1S/C22H23F3N6O2/c1-26-21(32)33-18-5-2-15(3-6-18)20-16(12-28-29-20)14-30-8-10-31(11-9-30)19-7-4-17(13-27-19)22(23,24)25/h2-7,12-13H,8-11,14H2,1H3,(H,26,32)(H,28,29). The van der Waals surface area contributed by atoms with Crippen molar-refractivity contribution in [2.24, 2.45) is 0 Å². The molecule has 1 saturated heterocycles. The Hall–Kier alpha value is -3.60. The number of carbonyl (C=O) groups excluding carboxylic acids is 1. The summed E-state index contributed by atoms with van der Waals surface area (Å²) in [6, 6.07) is 9.62. The largest absolute Gasteiger partial charge is 0.417 e. The first-order chi connectivity index (χ1) is 15.8. The highest BCUT2D eigenvalue weighted by molar-refractivity contribution is 5.70. The van der Waals surface area contributed by atoms with Crippen LogP contribution in [0, 0.1) is 0 Å². The van der Waals surface area contributed by atoms with Gasteiger partial charge in [0, 0.05) is 57.1 Å². The number of alkyl halides is 3. The first-order valence-corrected chi connectivity index (χ1v) is 10.4. The Kier molecular flexibility index (Phi) is 6.50. The number of nitrogens with zero attached hydrogens (tertiary/aromatic N) is 4. The van der Waals surface area contributed by atoms with Gasteiger partial charge in [0.05, 0.1) is 17.5 Å². The minimum atomic E-state index is -4.38. The average Bonchev–Trinajstić information content (AvgIpc) is 3.27. The van der Waals surface area contributed by atoms with Crippen LogP contribution in [0.3, 0.4) is 0 Å². The Morgan fingerprint density at radius 3 is 2.42 bits per heavy atom. The van der Waals surface area contributed by atoms with E-state index in [0.29, 0.717) is 31.2 Å². The maximum atomic E-state index is 12.7. The van der Waals surface area contributed by atoms with Gasteiger partial charge in [0.25, 0.3) is 0 Å². The fourth-order valence-electron chi connectivity index (χ4n) is 3.65. The summed E-state index contributed by atoms with van der Waals surface area (Å²) in [6.45, 7) is 3.49. The molecule has 11 heteroatoms. The molecular formula is C22H23F3N6O2. The Bertz CT molecular complexity index is 1070. The summed E-state index contributed by atoms with van der Waals surface area (Å²) in [7, 11) is 1.49. The van der Waals surface area contributed by atoms with Gasteiger partial charge in [-0.1, -0.05) is 0 Å². The van der Waals surface area contributed by atoms with Crippen LogP contribution >= 0.6 is 0 Å². The van der Waals surface area contributed by atoms with E-state index >= 15 is 0 Å². The number of anilines is 1. The molecule has 1 amide bonds. The molecule has 4 rings (SSSR count). The number of halogens is 3. The van der Waals surface area contributed by atoms with Gasteiger partial charge < -0.3 is 15.0 Å². The zero-order valence-electron chi connectivity index (χ0n) is 17.9. The molecular weight excluding hydrogens is 437 g/mol. The number of amides is 1. The van der Waals surface area contributed by atoms with Gasteiger partial charge in [-0.3, -0.25) is 10.00 Å². The number of hydrogen-bond acceptors (Lipinski definition) is 6. The molecule has 0 spiro atoms. The van der Waals surface area contributed by atoms with Crippen molar-refractivity contribution in [2.75, 3.05) is 38.1 Å². The smallest absolute Gasteiger partial charge is 0.410 e. The molecule has 2 aromatic heterocycles. The van der Waals surface area contributed by atoms with E-state index in [0.717, 1.165) is 42.2 Å². The summed E-state index contributed by atoms with van der Waals surface area (Å²) >= 11 is 0. The van der Waals surface area contributed by atoms with E-state index in [4.69, 9.17) is 4.74 Å². The van der Waals surface area contributed by atoms with E-state index in [1.165, 1.54) is 13.1 Å². The number of piperazine rings is 1. The number of benzene rings is 1. The molecule has 33 heavy (non-hydrogen) atoms. The normalized spacial score (nSPS) is 14.8. The van der Waals surface area contributed by atoms with Gasteiger partial charge >= 0.3 is 12.3 Å². The molecule has 1 fully saturated rings. The molecule has 1 aromatic carbocycles. The lowest BCUT2D eigenvalue weighted by Crippen LogP contribution is -2.46. The second kappa shape index (κ2) is 9.49. The van der Waals surface area contributed by atoms with Gasteiger partial charge in [-0.05, 0) is 36.4 Å². The summed E-state index contributed by atoms with van der Waals surface area (Å²) in [5.74, 6) is 0.984. The van der Waals surface area contributed by atoms with Crippen molar-refractivity contribution in [3.8, 4) is 17.0 Å². The number of nitrogens with one attached hydrogen (secondary N) is 2. The quantitative estimate of drug-likeness (QED) is 0.606. The molecule has 0 unspecified atom stereocenters. The summed E-state index contributed by atoms with van der Waals surface area (Å²) in [4.78, 5) is 19.6. The van der Waals surface area contributed by atoms with Crippen LogP contribution in [0.2, 0.25) is 0 Å². The molecule has 0 radical (unpaired) electrons. The Morgan fingerprint density at radius 2 is 1.82 bits per heavy atom. The van der Waals surface area contributed by atoms with Gasteiger partial charge in [0.1, 0.15) is 11.6 Å². The highest BCUT2D eigenvalue weighted by Gasteiger charge is 2.31. The summed E-state index contributed by atoms with van der Waals surface area (Å²) in [6.07, 6.45) is -2.25. The van der Waals surface area contributed by atoms with Gasteiger partial charge in [0.15, 0.2) is 0 Å². The summed E-state index contributed by atoms with van der Waals surface area (Å²) in [5.41, 5.74) is 2.08. The number of rotatable bonds is 5. The maximum absolute atomic E-state index is 12.7. The molecule has 0 atom stereocenters. The van der Waals surface area contributed by atoms with Crippen LogP contribution in [-0.2, 0) is 12.7 Å². The molecule has 2 N–H and O–H groups in total. The second-order valence-corrected chi connectivity index (χ2v) is 7.60. The van der Waals surface area contributed by atoms with Crippen LogP contribution < -0.4 is 15.0 Å². The highest BCUT2D eigenvalue weighted by atomic mass is 19.4.